The van der Waals surface area contributed by atoms with E-state index in [1.165, 1.54) is 16.0 Å². The monoisotopic (exact) mass is 475 g/mol. The van der Waals surface area contributed by atoms with Crippen molar-refractivity contribution in [2.24, 2.45) is 12.5 Å². The summed E-state index contributed by atoms with van der Waals surface area (Å²) in [5, 5.41) is 3.35. The molecule has 3 heterocycles. The van der Waals surface area contributed by atoms with Gasteiger partial charge in [-0.15, -0.1) is 11.3 Å². The van der Waals surface area contributed by atoms with Crippen LogP contribution in [-0.4, -0.2) is 26.0 Å². The van der Waals surface area contributed by atoms with Gasteiger partial charge in [-0.25, -0.2) is 9.67 Å². The van der Waals surface area contributed by atoms with Gasteiger partial charge >= 0.3 is 0 Å². The van der Waals surface area contributed by atoms with Crippen molar-refractivity contribution in [1.29, 1.82) is 0 Å². The number of hydrogen-bond acceptors (Lipinski definition) is 6. The normalized spacial score (nSPS) is 14.9. The molecule has 34 heavy (non-hydrogen) atoms. The number of nitrogens with two attached hydrogens (primary N) is 1. The number of nitrogens with one attached hydrogen (secondary N) is 1. The zero-order valence-corrected chi connectivity index (χ0v) is 20.2. The van der Waals surface area contributed by atoms with E-state index >= 15 is 0 Å². The lowest BCUT2D eigenvalue weighted by atomic mass is 9.75. The van der Waals surface area contributed by atoms with Gasteiger partial charge in [-0.2, -0.15) is 0 Å². The van der Waals surface area contributed by atoms with E-state index in [0.717, 1.165) is 5.69 Å². The minimum atomic E-state index is -0.476. The first-order valence-corrected chi connectivity index (χ1v) is 11.8. The zero-order chi connectivity index (χ0) is 24.4. The number of anilines is 2. The van der Waals surface area contributed by atoms with Crippen LogP contribution in [0.4, 0.5) is 11.4 Å². The minimum absolute atomic E-state index is 0.0404. The fourth-order valence-corrected chi connectivity index (χ4v) is 5.54. The van der Waals surface area contributed by atoms with Gasteiger partial charge in [-0.3, -0.25) is 19.1 Å². The summed E-state index contributed by atoms with van der Waals surface area (Å²) in [6.45, 7) is 5.87. The Bertz CT molecular complexity index is 1540. The van der Waals surface area contributed by atoms with Crippen LogP contribution in [0.5, 0.6) is 0 Å². The number of para-hydroxylation sites is 1. The molecule has 5 rings (SSSR count). The second kappa shape index (κ2) is 7.66. The van der Waals surface area contributed by atoms with Gasteiger partial charge in [0, 0.05) is 24.4 Å². The second-order valence-electron chi connectivity index (χ2n) is 9.51. The number of carbonyl (C=O) groups is 2. The van der Waals surface area contributed by atoms with Crippen molar-refractivity contribution in [2.75, 3.05) is 11.1 Å². The average molecular weight is 476 g/mol. The van der Waals surface area contributed by atoms with E-state index in [2.05, 4.69) is 5.32 Å². The van der Waals surface area contributed by atoms with Gasteiger partial charge in [0.15, 0.2) is 5.78 Å². The van der Waals surface area contributed by atoms with E-state index in [1.54, 1.807) is 24.7 Å². The van der Waals surface area contributed by atoms with Crippen LogP contribution in [0.3, 0.4) is 0 Å². The molecule has 0 saturated carbocycles. The molecule has 1 aliphatic carbocycles. The summed E-state index contributed by atoms with van der Waals surface area (Å²) in [6.07, 6.45) is 1.14. The number of amides is 1. The third-order valence-electron chi connectivity index (χ3n) is 6.38. The Labute approximate surface area is 200 Å². The number of Topliss-reactive ketones (excluding diaryl/α,β-unsaturated/α-hetero) is 1. The maximum Gasteiger partial charge on any atom is 0.295 e. The van der Waals surface area contributed by atoms with Crippen LogP contribution in [-0.2, 0) is 13.5 Å². The van der Waals surface area contributed by atoms with E-state index in [4.69, 9.17) is 10.7 Å². The third-order valence-corrected chi connectivity index (χ3v) is 7.50. The number of nitrogens with zero attached hydrogens (tertiary/aromatic N) is 3. The lowest BCUT2D eigenvalue weighted by molar-refractivity contribution is 0.0910. The van der Waals surface area contributed by atoms with Crippen molar-refractivity contribution in [3.8, 4) is 5.69 Å². The molecule has 1 amide bonds. The summed E-state index contributed by atoms with van der Waals surface area (Å²) in [6, 6.07) is 11.0. The number of thiophene rings is 1. The number of pyridine rings is 1. The van der Waals surface area contributed by atoms with Crippen LogP contribution < -0.4 is 16.6 Å². The molecule has 0 aliphatic heterocycles. The lowest BCUT2D eigenvalue weighted by Crippen LogP contribution is -2.27. The summed E-state index contributed by atoms with van der Waals surface area (Å²) < 4.78 is 3.20. The molecule has 1 aliphatic rings. The maximum absolute atomic E-state index is 13.2. The Morgan fingerprint density at radius 3 is 2.59 bits per heavy atom. The van der Waals surface area contributed by atoms with Gasteiger partial charge in [0.05, 0.1) is 22.8 Å². The summed E-state index contributed by atoms with van der Waals surface area (Å²) in [5.74, 6) is -0.435. The molecule has 4 aromatic rings. The van der Waals surface area contributed by atoms with Crippen molar-refractivity contribution in [1.82, 2.24) is 14.3 Å². The van der Waals surface area contributed by atoms with Gasteiger partial charge in [-0.05, 0) is 37.0 Å². The molecular formula is C25H25N5O3S. The van der Waals surface area contributed by atoms with Crippen LogP contribution in [0.1, 0.15) is 51.7 Å². The average Bonchev–Trinajstić information content (AvgIpc) is 3.21. The fraction of sp³-hybridized carbons (Fsp3) is 0.280. The molecule has 0 fully saturated rings. The molecule has 1 aromatic carbocycles. The number of ketones is 1. The largest absolute Gasteiger partial charge is 0.397 e. The topological polar surface area (TPSA) is 112 Å². The number of benzene rings is 1. The van der Waals surface area contributed by atoms with E-state index in [1.807, 2.05) is 44.2 Å². The fourth-order valence-electron chi connectivity index (χ4n) is 4.55. The Balaban J connectivity index is 1.54. The second-order valence-corrected chi connectivity index (χ2v) is 10.5. The smallest absolute Gasteiger partial charge is 0.295 e. The summed E-state index contributed by atoms with van der Waals surface area (Å²) in [4.78, 5) is 44.6. The lowest BCUT2D eigenvalue weighted by Gasteiger charge is -2.29. The molecule has 0 unspecified atom stereocenters. The van der Waals surface area contributed by atoms with Crippen molar-refractivity contribution < 1.29 is 9.59 Å². The van der Waals surface area contributed by atoms with Gasteiger partial charge < -0.3 is 11.1 Å². The first-order chi connectivity index (χ1) is 16.1. The standard InChI is InChI=1S/C25H25N5O3S/c1-13-20(24(33)30(29(13)4)14-8-6-5-7-9-14)28-22(32)21-19(26)16-10-15-17(27-23(16)34-21)11-25(2,3)12-18(15)31/h5-10H,11-12,26H2,1-4H3,(H,28,32). The van der Waals surface area contributed by atoms with E-state index < -0.39 is 5.91 Å². The molecule has 8 nitrogen and oxygen atoms in total. The number of aromatic nitrogens is 3. The van der Waals surface area contributed by atoms with Crippen LogP contribution in [0.15, 0.2) is 41.2 Å². The van der Waals surface area contributed by atoms with Crippen molar-refractivity contribution >= 4 is 44.6 Å². The number of carbonyl (C=O) groups excluding carboxylic acids is 2. The summed E-state index contributed by atoms with van der Waals surface area (Å²) in [7, 11) is 1.76. The van der Waals surface area contributed by atoms with E-state index in [-0.39, 0.29) is 33.0 Å². The molecular weight excluding hydrogens is 450 g/mol. The predicted octanol–water partition coefficient (Wildman–Crippen LogP) is 4.08. The van der Waals surface area contributed by atoms with E-state index in [9.17, 15) is 14.4 Å². The quantitative estimate of drug-likeness (QED) is 0.464. The number of fused-ring (bicyclic) bond motifs is 2. The third kappa shape index (κ3) is 3.43. The van der Waals surface area contributed by atoms with Crippen molar-refractivity contribution in [3.05, 3.63) is 68.6 Å². The molecule has 0 saturated heterocycles. The summed E-state index contributed by atoms with van der Waals surface area (Å²) in [5.41, 5.74) is 8.94. The Morgan fingerprint density at radius 2 is 1.88 bits per heavy atom. The van der Waals surface area contributed by atoms with Gasteiger partial charge in [0.25, 0.3) is 11.5 Å². The highest BCUT2D eigenvalue weighted by molar-refractivity contribution is 7.21. The van der Waals surface area contributed by atoms with E-state index in [0.29, 0.717) is 40.0 Å². The summed E-state index contributed by atoms with van der Waals surface area (Å²) >= 11 is 1.17. The Hall–Kier alpha value is -3.72. The molecule has 3 aromatic heterocycles. The van der Waals surface area contributed by atoms with Gasteiger partial charge in [-0.1, -0.05) is 32.0 Å². The predicted molar refractivity (Wildman–Crippen MR) is 134 cm³/mol. The highest BCUT2D eigenvalue weighted by Crippen LogP contribution is 2.39. The molecule has 0 bridgehead atoms. The highest BCUT2D eigenvalue weighted by Gasteiger charge is 2.33. The number of nitrogen functional groups attached to an aromatic ring is 1. The Morgan fingerprint density at radius 1 is 1.18 bits per heavy atom. The van der Waals surface area contributed by atoms with Crippen LogP contribution in [0, 0.1) is 12.3 Å². The first-order valence-electron chi connectivity index (χ1n) is 11.0. The number of rotatable bonds is 3. The van der Waals surface area contributed by atoms with Crippen LogP contribution >= 0.6 is 11.3 Å². The zero-order valence-electron chi connectivity index (χ0n) is 19.4. The molecule has 174 valence electrons. The SMILES string of the molecule is Cc1c(NC(=O)c2sc3nc4c(cc3c2N)C(=O)CC(C)(C)C4)c(=O)n(-c2ccccc2)n1C. The minimum Gasteiger partial charge on any atom is -0.397 e. The highest BCUT2D eigenvalue weighted by atomic mass is 32.1. The van der Waals surface area contributed by atoms with Crippen molar-refractivity contribution in [2.45, 2.75) is 33.6 Å². The number of hydrogen-bond donors (Lipinski definition) is 2. The van der Waals surface area contributed by atoms with Crippen molar-refractivity contribution in [3.63, 3.8) is 0 Å². The molecule has 0 spiro atoms. The Kier molecular flexibility index (Phi) is 4.98. The molecule has 3 N–H and O–H groups in total. The molecule has 0 radical (unpaired) electrons. The van der Waals surface area contributed by atoms with Crippen LogP contribution in [0.2, 0.25) is 0 Å². The van der Waals surface area contributed by atoms with Crippen LogP contribution in [0.25, 0.3) is 15.9 Å². The van der Waals surface area contributed by atoms with Gasteiger partial charge in [0.1, 0.15) is 15.4 Å². The van der Waals surface area contributed by atoms with Gasteiger partial charge in [0.2, 0.25) is 0 Å². The molecule has 9 heteroatoms. The first kappa shape index (κ1) is 22.1. The molecule has 0 atom stereocenters. The maximum atomic E-state index is 13.2.